The Labute approximate surface area is 82.8 Å². The van der Waals surface area contributed by atoms with Crippen LogP contribution in [-0.2, 0) is 9.22 Å². The molecule has 0 saturated heterocycles. The van der Waals surface area contributed by atoms with E-state index < -0.39 is 8.32 Å². The number of carbonyl (C=O) groups is 1. The van der Waals surface area contributed by atoms with E-state index in [9.17, 15) is 4.79 Å². The highest BCUT2D eigenvalue weighted by atomic mass is 28.4. The van der Waals surface area contributed by atoms with Gasteiger partial charge < -0.3 is 9.22 Å². The van der Waals surface area contributed by atoms with Gasteiger partial charge >= 0.3 is 0 Å². The average molecular weight is 202 g/mol. The third kappa shape index (κ3) is 5.21. The molecule has 0 aliphatic heterocycles. The van der Waals surface area contributed by atoms with Crippen molar-refractivity contribution in [2.24, 2.45) is 11.8 Å². The third-order valence-electron chi connectivity index (χ3n) is 1.88. The van der Waals surface area contributed by atoms with Gasteiger partial charge in [0.15, 0.2) is 8.32 Å². The molecule has 0 aromatic carbocycles. The highest BCUT2D eigenvalue weighted by molar-refractivity contribution is 6.69. The van der Waals surface area contributed by atoms with Gasteiger partial charge in [0.1, 0.15) is 6.29 Å². The molecule has 78 valence electrons. The van der Waals surface area contributed by atoms with Gasteiger partial charge in [-0.2, -0.15) is 0 Å². The topological polar surface area (TPSA) is 26.3 Å². The Hall–Kier alpha value is -0.153. The van der Waals surface area contributed by atoms with Crippen molar-refractivity contribution in [2.75, 3.05) is 0 Å². The van der Waals surface area contributed by atoms with Crippen molar-refractivity contribution in [3.8, 4) is 0 Å². The van der Waals surface area contributed by atoms with Gasteiger partial charge in [0, 0.05) is 5.92 Å². The largest absolute Gasteiger partial charge is 0.414 e. The molecular weight excluding hydrogens is 180 g/mol. The minimum absolute atomic E-state index is 0.00623. The van der Waals surface area contributed by atoms with Crippen LogP contribution < -0.4 is 0 Å². The van der Waals surface area contributed by atoms with Crippen LogP contribution >= 0.6 is 0 Å². The van der Waals surface area contributed by atoms with Gasteiger partial charge in [0.2, 0.25) is 0 Å². The monoisotopic (exact) mass is 202 g/mol. The minimum atomic E-state index is -1.52. The zero-order valence-corrected chi connectivity index (χ0v) is 10.6. The lowest BCUT2D eigenvalue weighted by molar-refractivity contribution is -0.114. The van der Waals surface area contributed by atoms with E-state index in [1.54, 1.807) is 0 Å². The first kappa shape index (κ1) is 12.8. The summed E-state index contributed by atoms with van der Waals surface area (Å²) < 4.78 is 5.96. The van der Waals surface area contributed by atoms with Crippen LogP contribution in [0.2, 0.25) is 19.6 Å². The van der Waals surface area contributed by atoms with Crippen LogP contribution in [0.3, 0.4) is 0 Å². The van der Waals surface area contributed by atoms with Crippen LogP contribution in [-0.4, -0.2) is 20.7 Å². The fourth-order valence-electron chi connectivity index (χ4n) is 1.34. The number of rotatable bonds is 5. The van der Waals surface area contributed by atoms with Gasteiger partial charge in [0.25, 0.3) is 0 Å². The lowest BCUT2D eigenvalue weighted by Gasteiger charge is -2.31. The predicted molar refractivity (Wildman–Crippen MR) is 58.3 cm³/mol. The molecule has 0 rings (SSSR count). The first-order valence-electron chi connectivity index (χ1n) is 4.91. The maximum Gasteiger partial charge on any atom is 0.184 e. The lowest BCUT2D eigenvalue weighted by atomic mass is 9.96. The Balaban J connectivity index is 4.35. The smallest absolute Gasteiger partial charge is 0.184 e. The SMILES string of the molecule is CC(C)[C@@H](O[Si](C)(C)C)[C@H](C)C=O. The first-order chi connectivity index (χ1) is 5.78. The zero-order chi connectivity index (χ0) is 10.6. The van der Waals surface area contributed by atoms with E-state index in [0.29, 0.717) is 5.92 Å². The molecule has 2 nitrogen and oxygen atoms in total. The molecule has 0 aromatic rings. The summed E-state index contributed by atoms with van der Waals surface area (Å²) in [6.07, 6.45) is 1.08. The normalized spacial score (nSPS) is 17.2. The molecule has 3 heteroatoms. The van der Waals surface area contributed by atoms with Gasteiger partial charge in [-0.05, 0) is 25.6 Å². The van der Waals surface area contributed by atoms with Crippen molar-refractivity contribution in [1.29, 1.82) is 0 Å². The second kappa shape index (κ2) is 4.91. The summed E-state index contributed by atoms with van der Waals surface area (Å²) in [7, 11) is -1.52. The van der Waals surface area contributed by atoms with E-state index in [4.69, 9.17) is 4.43 Å². The van der Waals surface area contributed by atoms with E-state index >= 15 is 0 Å². The van der Waals surface area contributed by atoms with Crippen molar-refractivity contribution in [3.63, 3.8) is 0 Å². The average Bonchev–Trinajstić information content (AvgIpc) is 1.96. The van der Waals surface area contributed by atoms with Crippen molar-refractivity contribution in [2.45, 2.75) is 46.5 Å². The molecule has 2 atom stereocenters. The van der Waals surface area contributed by atoms with E-state index in [1.165, 1.54) is 0 Å². The maximum atomic E-state index is 10.7. The zero-order valence-electron chi connectivity index (χ0n) is 9.63. The van der Waals surface area contributed by atoms with Crippen molar-refractivity contribution >= 4 is 14.6 Å². The summed E-state index contributed by atoms with van der Waals surface area (Å²) >= 11 is 0. The fraction of sp³-hybridized carbons (Fsp3) is 0.900. The van der Waals surface area contributed by atoms with Crippen LogP contribution in [0.25, 0.3) is 0 Å². The first-order valence-corrected chi connectivity index (χ1v) is 8.32. The highest BCUT2D eigenvalue weighted by Crippen LogP contribution is 2.20. The maximum absolute atomic E-state index is 10.7. The van der Waals surface area contributed by atoms with Crippen molar-refractivity contribution < 1.29 is 9.22 Å². The molecule has 0 aliphatic carbocycles. The van der Waals surface area contributed by atoms with Crippen LogP contribution in [0, 0.1) is 11.8 Å². The number of carbonyl (C=O) groups excluding carboxylic acids is 1. The van der Waals surface area contributed by atoms with Gasteiger partial charge in [0.05, 0.1) is 6.10 Å². The van der Waals surface area contributed by atoms with E-state index in [0.717, 1.165) is 6.29 Å². The molecule has 0 unspecified atom stereocenters. The second-order valence-corrected chi connectivity index (χ2v) is 9.39. The van der Waals surface area contributed by atoms with Gasteiger partial charge in [-0.15, -0.1) is 0 Å². The Morgan fingerprint density at radius 1 is 1.15 bits per heavy atom. The second-order valence-electron chi connectivity index (χ2n) is 4.93. The summed E-state index contributed by atoms with van der Waals surface area (Å²) in [6, 6.07) is 0. The Kier molecular flexibility index (Phi) is 4.85. The standard InChI is InChI=1S/C10H22O2Si/c1-8(2)10(9(3)7-11)12-13(4,5)6/h7-10H,1-6H3/t9-,10-/m1/s1. The van der Waals surface area contributed by atoms with Crippen molar-refractivity contribution in [1.82, 2.24) is 0 Å². The van der Waals surface area contributed by atoms with E-state index in [1.807, 2.05) is 6.92 Å². The molecule has 0 aliphatic rings. The summed E-state index contributed by atoms with van der Waals surface area (Å²) in [6.45, 7) is 12.6. The predicted octanol–water partition coefficient (Wildman–Crippen LogP) is 2.70. The third-order valence-corrected chi connectivity index (χ3v) is 2.86. The molecule has 0 radical (unpaired) electrons. The highest BCUT2D eigenvalue weighted by Gasteiger charge is 2.27. The molecule has 13 heavy (non-hydrogen) atoms. The Morgan fingerprint density at radius 2 is 1.62 bits per heavy atom. The van der Waals surface area contributed by atoms with Gasteiger partial charge in [-0.1, -0.05) is 20.8 Å². The van der Waals surface area contributed by atoms with Gasteiger partial charge in [-0.25, -0.2) is 0 Å². The molecule has 0 bridgehead atoms. The van der Waals surface area contributed by atoms with Crippen LogP contribution in [0.15, 0.2) is 0 Å². The van der Waals surface area contributed by atoms with Crippen LogP contribution in [0.5, 0.6) is 0 Å². The summed E-state index contributed by atoms with van der Waals surface area (Å²) in [5.74, 6) is 0.415. The molecule has 0 heterocycles. The minimum Gasteiger partial charge on any atom is -0.414 e. The Morgan fingerprint density at radius 3 is 1.85 bits per heavy atom. The quantitative estimate of drug-likeness (QED) is 0.506. The molecular formula is C10H22O2Si. The number of hydrogen-bond donors (Lipinski definition) is 0. The summed E-state index contributed by atoms with van der Waals surface area (Å²) in [5.41, 5.74) is 0. The molecule has 0 N–H and O–H groups in total. The van der Waals surface area contributed by atoms with Crippen molar-refractivity contribution in [3.05, 3.63) is 0 Å². The van der Waals surface area contributed by atoms with Crippen LogP contribution in [0.4, 0.5) is 0 Å². The summed E-state index contributed by atoms with van der Waals surface area (Å²) in [4.78, 5) is 10.7. The van der Waals surface area contributed by atoms with Gasteiger partial charge in [-0.3, -0.25) is 0 Å². The van der Waals surface area contributed by atoms with E-state index in [-0.39, 0.29) is 12.0 Å². The molecule has 0 spiro atoms. The number of hydrogen-bond acceptors (Lipinski definition) is 2. The molecule has 0 aromatic heterocycles. The number of aldehydes is 1. The molecule has 0 fully saturated rings. The van der Waals surface area contributed by atoms with Crippen LogP contribution in [0.1, 0.15) is 20.8 Å². The Bertz CT molecular complexity index is 161. The van der Waals surface area contributed by atoms with E-state index in [2.05, 4.69) is 33.5 Å². The fourth-order valence-corrected chi connectivity index (χ4v) is 2.64. The summed E-state index contributed by atoms with van der Waals surface area (Å²) in [5, 5.41) is 0. The molecule has 0 amide bonds. The lowest BCUT2D eigenvalue weighted by Crippen LogP contribution is -2.39. The molecule has 0 saturated carbocycles.